The van der Waals surface area contributed by atoms with Crippen molar-refractivity contribution in [3.05, 3.63) is 84.4 Å². The van der Waals surface area contributed by atoms with Gasteiger partial charge in [-0.25, -0.2) is 4.79 Å². The molecule has 0 aliphatic rings. The summed E-state index contributed by atoms with van der Waals surface area (Å²) in [5.74, 6) is 0. The van der Waals surface area contributed by atoms with Crippen molar-refractivity contribution in [2.45, 2.75) is 13.0 Å². The summed E-state index contributed by atoms with van der Waals surface area (Å²) >= 11 is 0. The lowest BCUT2D eigenvalue weighted by molar-refractivity contribution is 0.110. The van der Waals surface area contributed by atoms with E-state index in [9.17, 15) is 4.79 Å². The minimum Gasteiger partial charge on any atom is -0.445 e. The number of amides is 1. The van der Waals surface area contributed by atoms with Gasteiger partial charge < -0.3 is 9.64 Å². The zero-order valence-electron chi connectivity index (χ0n) is 12.7. The highest BCUT2D eigenvalue weighted by molar-refractivity contribution is 5.67. The number of nitrogens with zero attached hydrogens (tertiary/aromatic N) is 1. The van der Waals surface area contributed by atoms with Gasteiger partial charge in [-0.3, -0.25) is 0 Å². The van der Waals surface area contributed by atoms with Crippen LogP contribution in [0.3, 0.4) is 0 Å². The van der Waals surface area contributed by atoms with Crippen LogP contribution in [0.1, 0.15) is 11.1 Å². The molecule has 0 heterocycles. The van der Waals surface area contributed by atoms with Gasteiger partial charge in [-0.15, -0.1) is 0 Å². The van der Waals surface area contributed by atoms with E-state index in [2.05, 4.69) is 18.7 Å². The summed E-state index contributed by atoms with van der Waals surface area (Å²) in [5.41, 5.74) is 2.29. The van der Waals surface area contributed by atoms with Crippen LogP contribution in [0.5, 0.6) is 0 Å². The van der Waals surface area contributed by atoms with E-state index in [1.807, 2.05) is 48.5 Å². The van der Waals surface area contributed by atoms with Gasteiger partial charge in [0.15, 0.2) is 0 Å². The number of carbonyl (C=O) groups is 1. The third-order valence-corrected chi connectivity index (χ3v) is 3.31. The number of benzene rings is 2. The lowest BCUT2D eigenvalue weighted by atomic mass is 10.1. The standard InChI is InChI=1S/C19H21NO2/c1-2-15-22-19(21)20(16-18-11-7-4-8-12-18)14-13-17-9-5-3-6-10-17/h2-12H,1,13-16H2. The van der Waals surface area contributed by atoms with Gasteiger partial charge in [0.25, 0.3) is 0 Å². The van der Waals surface area contributed by atoms with Crippen LogP contribution in [-0.2, 0) is 17.7 Å². The molecule has 0 bridgehead atoms. The summed E-state index contributed by atoms with van der Waals surface area (Å²) in [6.07, 6.45) is 2.08. The van der Waals surface area contributed by atoms with Crippen molar-refractivity contribution in [1.82, 2.24) is 4.90 Å². The normalized spacial score (nSPS) is 10.0. The van der Waals surface area contributed by atoms with Crippen LogP contribution in [0.15, 0.2) is 73.3 Å². The Hall–Kier alpha value is -2.55. The molecule has 22 heavy (non-hydrogen) atoms. The van der Waals surface area contributed by atoms with Crippen molar-refractivity contribution in [3.63, 3.8) is 0 Å². The van der Waals surface area contributed by atoms with Gasteiger partial charge in [0.2, 0.25) is 0 Å². The maximum absolute atomic E-state index is 12.2. The SMILES string of the molecule is C=CCOC(=O)N(CCc1ccccc1)Cc1ccccc1. The van der Waals surface area contributed by atoms with Crippen LogP contribution in [0.2, 0.25) is 0 Å². The van der Waals surface area contributed by atoms with Crippen LogP contribution in [0, 0.1) is 0 Å². The molecule has 0 saturated heterocycles. The van der Waals surface area contributed by atoms with Crippen molar-refractivity contribution in [3.8, 4) is 0 Å². The molecule has 0 fully saturated rings. The highest BCUT2D eigenvalue weighted by Crippen LogP contribution is 2.09. The Morgan fingerprint density at radius 1 is 1.00 bits per heavy atom. The first-order valence-electron chi connectivity index (χ1n) is 7.40. The molecule has 0 atom stereocenters. The molecule has 3 heteroatoms. The van der Waals surface area contributed by atoms with Gasteiger partial charge in [0, 0.05) is 13.1 Å². The van der Waals surface area contributed by atoms with E-state index in [1.165, 1.54) is 5.56 Å². The molecule has 2 rings (SSSR count). The largest absolute Gasteiger partial charge is 0.445 e. The number of hydrogen-bond donors (Lipinski definition) is 0. The van der Waals surface area contributed by atoms with Crippen molar-refractivity contribution >= 4 is 6.09 Å². The highest BCUT2D eigenvalue weighted by Gasteiger charge is 2.15. The topological polar surface area (TPSA) is 29.5 Å². The van der Waals surface area contributed by atoms with Gasteiger partial charge in [0.05, 0.1) is 0 Å². The minimum atomic E-state index is -0.306. The molecule has 114 valence electrons. The molecule has 0 radical (unpaired) electrons. The molecule has 2 aromatic rings. The van der Waals surface area contributed by atoms with E-state index in [0.717, 1.165) is 12.0 Å². The second-order valence-electron chi connectivity index (χ2n) is 5.01. The van der Waals surface area contributed by atoms with Crippen LogP contribution < -0.4 is 0 Å². The average molecular weight is 295 g/mol. The first-order chi connectivity index (χ1) is 10.8. The molecule has 0 spiro atoms. The van der Waals surface area contributed by atoms with Crippen LogP contribution in [0.4, 0.5) is 4.79 Å². The van der Waals surface area contributed by atoms with E-state index in [0.29, 0.717) is 13.1 Å². The van der Waals surface area contributed by atoms with Gasteiger partial charge >= 0.3 is 6.09 Å². The Bertz CT molecular complexity index is 581. The van der Waals surface area contributed by atoms with Gasteiger partial charge in [-0.1, -0.05) is 73.3 Å². The number of hydrogen-bond acceptors (Lipinski definition) is 2. The number of rotatable bonds is 7. The molecule has 2 aromatic carbocycles. The van der Waals surface area contributed by atoms with Crippen molar-refractivity contribution < 1.29 is 9.53 Å². The Morgan fingerprint density at radius 3 is 2.18 bits per heavy atom. The fourth-order valence-electron chi connectivity index (χ4n) is 2.17. The molecule has 0 saturated carbocycles. The summed E-state index contributed by atoms with van der Waals surface area (Å²) in [6.45, 7) is 4.97. The first-order valence-corrected chi connectivity index (χ1v) is 7.40. The number of carbonyl (C=O) groups excluding carboxylic acids is 1. The van der Waals surface area contributed by atoms with E-state index in [4.69, 9.17) is 4.74 Å². The molecule has 0 N–H and O–H groups in total. The number of ether oxygens (including phenoxy) is 1. The third-order valence-electron chi connectivity index (χ3n) is 3.31. The Morgan fingerprint density at radius 2 is 1.59 bits per heavy atom. The Balaban J connectivity index is 2.00. The molecule has 1 amide bonds. The van der Waals surface area contributed by atoms with Crippen LogP contribution in [-0.4, -0.2) is 24.1 Å². The predicted molar refractivity (Wildman–Crippen MR) is 88.5 cm³/mol. The van der Waals surface area contributed by atoms with Crippen LogP contribution >= 0.6 is 0 Å². The maximum atomic E-state index is 12.2. The summed E-state index contributed by atoms with van der Waals surface area (Å²) in [5, 5.41) is 0. The maximum Gasteiger partial charge on any atom is 0.410 e. The summed E-state index contributed by atoms with van der Waals surface area (Å²) < 4.78 is 5.18. The first kappa shape index (κ1) is 15.8. The zero-order valence-corrected chi connectivity index (χ0v) is 12.7. The summed E-state index contributed by atoms with van der Waals surface area (Å²) in [7, 11) is 0. The van der Waals surface area contributed by atoms with E-state index in [-0.39, 0.29) is 12.7 Å². The Labute approximate surface area is 131 Å². The predicted octanol–water partition coefficient (Wildman–Crippen LogP) is 4.05. The van der Waals surface area contributed by atoms with Crippen molar-refractivity contribution in [1.29, 1.82) is 0 Å². The van der Waals surface area contributed by atoms with Crippen LogP contribution in [0.25, 0.3) is 0 Å². The lowest BCUT2D eigenvalue weighted by Gasteiger charge is -2.22. The fourth-order valence-corrected chi connectivity index (χ4v) is 2.17. The fraction of sp³-hybridized carbons (Fsp3) is 0.211. The van der Waals surface area contributed by atoms with Gasteiger partial charge in [-0.05, 0) is 17.5 Å². The molecular weight excluding hydrogens is 274 g/mol. The third kappa shape index (κ3) is 5.09. The smallest absolute Gasteiger partial charge is 0.410 e. The van der Waals surface area contributed by atoms with Crippen molar-refractivity contribution in [2.75, 3.05) is 13.2 Å². The summed E-state index contributed by atoms with van der Waals surface area (Å²) in [6, 6.07) is 20.1. The second kappa shape index (κ2) is 8.67. The quantitative estimate of drug-likeness (QED) is 0.721. The molecule has 0 unspecified atom stereocenters. The molecule has 0 aromatic heterocycles. The molecule has 3 nitrogen and oxygen atoms in total. The molecular formula is C19H21NO2. The van der Waals surface area contributed by atoms with E-state index in [1.54, 1.807) is 11.0 Å². The van der Waals surface area contributed by atoms with Gasteiger partial charge in [-0.2, -0.15) is 0 Å². The lowest BCUT2D eigenvalue weighted by Crippen LogP contribution is -2.33. The van der Waals surface area contributed by atoms with E-state index < -0.39 is 0 Å². The van der Waals surface area contributed by atoms with E-state index >= 15 is 0 Å². The van der Waals surface area contributed by atoms with Gasteiger partial charge in [0.1, 0.15) is 6.61 Å². The monoisotopic (exact) mass is 295 g/mol. The minimum absolute atomic E-state index is 0.232. The molecule has 0 aliphatic heterocycles. The summed E-state index contributed by atoms with van der Waals surface area (Å²) in [4.78, 5) is 13.9. The van der Waals surface area contributed by atoms with Crippen molar-refractivity contribution in [2.24, 2.45) is 0 Å². The highest BCUT2D eigenvalue weighted by atomic mass is 16.6. The molecule has 0 aliphatic carbocycles. The Kier molecular flexibility index (Phi) is 6.24. The average Bonchev–Trinajstić information content (AvgIpc) is 2.58. The zero-order chi connectivity index (χ0) is 15.6. The second-order valence-corrected chi connectivity index (χ2v) is 5.01.